The van der Waals surface area contributed by atoms with Crippen LogP contribution < -0.4 is 10.6 Å². The van der Waals surface area contributed by atoms with Crippen LogP contribution >= 0.6 is 11.6 Å². The molecule has 0 aliphatic heterocycles. The molecular formula is C15H20ClN5. The van der Waals surface area contributed by atoms with Crippen molar-refractivity contribution in [3.8, 4) is 0 Å². The van der Waals surface area contributed by atoms with Gasteiger partial charge in [0.25, 0.3) is 0 Å². The molecule has 5 nitrogen and oxygen atoms in total. The normalized spacial score (nSPS) is 11.4. The van der Waals surface area contributed by atoms with Gasteiger partial charge in [0, 0.05) is 30.5 Å². The Balaban J connectivity index is 1.88. The molecule has 1 aromatic carbocycles. The highest BCUT2D eigenvalue weighted by Gasteiger charge is 2.00. The van der Waals surface area contributed by atoms with Crippen molar-refractivity contribution in [1.82, 2.24) is 20.4 Å². The number of halogens is 1. The van der Waals surface area contributed by atoms with Crippen LogP contribution in [0.25, 0.3) is 0 Å². The van der Waals surface area contributed by atoms with E-state index in [1.807, 2.05) is 48.1 Å². The summed E-state index contributed by atoms with van der Waals surface area (Å²) in [6.07, 6.45) is 3.71. The lowest BCUT2D eigenvalue weighted by molar-refractivity contribution is 0.598. The Hall–Kier alpha value is -2.01. The van der Waals surface area contributed by atoms with Crippen LogP contribution in [0.1, 0.15) is 12.5 Å². The standard InChI is InChI=1S/C15H20ClN5/c1-2-17-15(18-9-11-21-10-5-8-20-21)19-12-13-6-3-4-7-14(13)16/h3-8,10H,2,9,11-12H2,1H3,(H2,17,18,19). The molecule has 0 aliphatic rings. The number of hydrogen-bond donors (Lipinski definition) is 2. The Morgan fingerprint density at radius 1 is 1.29 bits per heavy atom. The Morgan fingerprint density at radius 3 is 2.86 bits per heavy atom. The number of aliphatic imine (C=N–C) groups is 1. The molecule has 6 heteroatoms. The topological polar surface area (TPSA) is 54.2 Å². The third-order valence-electron chi connectivity index (χ3n) is 2.90. The summed E-state index contributed by atoms with van der Waals surface area (Å²) < 4.78 is 1.88. The first kappa shape index (κ1) is 15.4. The van der Waals surface area contributed by atoms with Crippen LogP contribution in [-0.4, -0.2) is 28.8 Å². The second kappa shape index (κ2) is 8.32. The summed E-state index contributed by atoms with van der Waals surface area (Å²) in [5.41, 5.74) is 1.02. The Morgan fingerprint density at radius 2 is 2.14 bits per heavy atom. The number of hydrogen-bond acceptors (Lipinski definition) is 2. The molecule has 112 valence electrons. The molecule has 0 spiro atoms. The van der Waals surface area contributed by atoms with Gasteiger partial charge in [-0.15, -0.1) is 0 Å². The van der Waals surface area contributed by atoms with Crippen LogP contribution in [0.3, 0.4) is 0 Å². The molecule has 0 fully saturated rings. The minimum atomic E-state index is 0.552. The summed E-state index contributed by atoms with van der Waals surface area (Å²) in [5.74, 6) is 0.782. The molecular weight excluding hydrogens is 286 g/mol. The monoisotopic (exact) mass is 305 g/mol. The van der Waals surface area contributed by atoms with Gasteiger partial charge in [-0.3, -0.25) is 4.68 Å². The van der Waals surface area contributed by atoms with Gasteiger partial charge in [-0.25, -0.2) is 4.99 Å². The number of nitrogens with zero attached hydrogens (tertiary/aromatic N) is 3. The smallest absolute Gasteiger partial charge is 0.191 e. The van der Waals surface area contributed by atoms with E-state index < -0.39 is 0 Å². The van der Waals surface area contributed by atoms with Crippen molar-refractivity contribution in [3.05, 3.63) is 53.3 Å². The largest absolute Gasteiger partial charge is 0.357 e. The van der Waals surface area contributed by atoms with Gasteiger partial charge >= 0.3 is 0 Å². The predicted molar refractivity (Wildman–Crippen MR) is 86.5 cm³/mol. The summed E-state index contributed by atoms with van der Waals surface area (Å²) in [7, 11) is 0. The quantitative estimate of drug-likeness (QED) is 0.636. The SMILES string of the molecule is CCNC(=NCc1ccccc1Cl)NCCn1cccn1. The maximum atomic E-state index is 6.13. The summed E-state index contributed by atoms with van der Waals surface area (Å²) in [5, 5.41) is 11.4. The Kier molecular flexibility index (Phi) is 6.09. The molecule has 2 N–H and O–H groups in total. The van der Waals surface area contributed by atoms with Gasteiger partial charge in [0.15, 0.2) is 5.96 Å². The van der Waals surface area contributed by atoms with E-state index in [1.54, 1.807) is 6.20 Å². The van der Waals surface area contributed by atoms with Gasteiger partial charge in [-0.05, 0) is 24.6 Å². The molecule has 2 rings (SSSR count). The summed E-state index contributed by atoms with van der Waals surface area (Å²) in [4.78, 5) is 4.54. The number of rotatable bonds is 6. The molecule has 21 heavy (non-hydrogen) atoms. The van der Waals surface area contributed by atoms with E-state index in [0.717, 1.165) is 36.2 Å². The summed E-state index contributed by atoms with van der Waals surface area (Å²) in [6, 6.07) is 9.66. The second-order valence-corrected chi connectivity index (χ2v) is 4.89. The van der Waals surface area contributed by atoms with Gasteiger partial charge in [0.2, 0.25) is 0 Å². The van der Waals surface area contributed by atoms with Crippen LogP contribution in [0.15, 0.2) is 47.7 Å². The minimum Gasteiger partial charge on any atom is -0.357 e. The van der Waals surface area contributed by atoms with Crippen LogP contribution in [-0.2, 0) is 13.1 Å². The number of benzene rings is 1. The molecule has 0 atom stereocenters. The Labute approximate surface area is 130 Å². The molecule has 1 aromatic heterocycles. The van der Waals surface area contributed by atoms with Gasteiger partial charge in [-0.1, -0.05) is 29.8 Å². The van der Waals surface area contributed by atoms with E-state index >= 15 is 0 Å². The molecule has 0 saturated heterocycles. The van der Waals surface area contributed by atoms with Crippen molar-refractivity contribution in [2.24, 2.45) is 4.99 Å². The zero-order valence-electron chi connectivity index (χ0n) is 12.1. The van der Waals surface area contributed by atoms with Crippen LogP contribution in [0.4, 0.5) is 0 Å². The molecule has 0 bridgehead atoms. The third-order valence-corrected chi connectivity index (χ3v) is 3.27. The van der Waals surface area contributed by atoms with Crippen molar-refractivity contribution >= 4 is 17.6 Å². The fourth-order valence-corrected chi connectivity index (χ4v) is 2.05. The lowest BCUT2D eigenvalue weighted by Crippen LogP contribution is -2.38. The first-order valence-electron chi connectivity index (χ1n) is 7.02. The first-order chi connectivity index (χ1) is 10.3. The molecule has 1 heterocycles. The summed E-state index contributed by atoms with van der Waals surface area (Å²) >= 11 is 6.13. The van der Waals surface area contributed by atoms with Crippen molar-refractivity contribution in [2.75, 3.05) is 13.1 Å². The molecule has 0 radical (unpaired) electrons. The van der Waals surface area contributed by atoms with Crippen LogP contribution in [0.5, 0.6) is 0 Å². The molecule has 0 unspecified atom stereocenters. The van der Waals surface area contributed by atoms with E-state index in [-0.39, 0.29) is 0 Å². The Bertz CT molecular complexity index is 565. The predicted octanol–water partition coefficient (Wildman–Crippen LogP) is 2.29. The van der Waals surface area contributed by atoms with E-state index in [1.165, 1.54) is 0 Å². The second-order valence-electron chi connectivity index (χ2n) is 4.48. The first-order valence-corrected chi connectivity index (χ1v) is 7.40. The van der Waals surface area contributed by atoms with Gasteiger partial charge in [0.05, 0.1) is 13.1 Å². The lowest BCUT2D eigenvalue weighted by atomic mass is 10.2. The molecule has 0 amide bonds. The van der Waals surface area contributed by atoms with E-state index in [9.17, 15) is 0 Å². The van der Waals surface area contributed by atoms with Crippen molar-refractivity contribution in [1.29, 1.82) is 0 Å². The van der Waals surface area contributed by atoms with Gasteiger partial charge in [-0.2, -0.15) is 5.10 Å². The van der Waals surface area contributed by atoms with E-state index in [2.05, 4.69) is 20.7 Å². The fourth-order valence-electron chi connectivity index (χ4n) is 1.85. The number of aromatic nitrogens is 2. The highest BCUT2D eigenvalue weighted by Crippen LogP contribution is 2.15. The maximum absolute atomic E-state index is 6.13. The van der Waals surface area contributed by atoms with E-state index in [4.69, 9.17) is 11.6 Å². The highest BCUT2D eigenvalue weighted by molar-refractivity contribution is 6.31. The van der Waals surface area contributed by atoms with Crippen LogP contribution in [0, 0.1) is 0 Å². The van der Waals surface area contributed by atoms with Crippen molar-refractivity contribution < 1.29 is 0 Å². The van der Waals surface area contributed by atoms with E-state index in [0.29, 0.717) is 6.54 Å². The average molecular weight is 306 g/mol. The number of nitrogens with one attached hydrogen (secondary N) is 2. The average Bonchev–Trinajstić information content (AvgIpc) is 2.99. The zero-order valence-corrected chi connectivity index (χ0v) is 12.8. The van der Waals surface area contributed by atoms with Crippen LogP contribution in [0.2, 0.25) is 5.02 Å². The van der Waals surface area contributed by atoms with Gasteiger partial charge < -0.3 is 10.6 Å². The fraction of sp³-hybridized carbons (Fsp3) is 0.333. The highest BCUT2D eigenvalue weighted by atomic mass is 35.5. The summed E-state index contributed by atoms with van der Waals surface area (Å²) in [6.45, 7) is 4.96. The number of guanidine groups is 1. The molecule has 0 saturated carbocycles. The third kappa shape index (κ3) is 5.11. The zero-order chi connectivity index (χ0) is 14.9. The van der Waals surface area contributed by atoms with Gasteiger partial charge in [0.1, 0.15) is 0 Å². The van der Waals surface area contributed by atoms with Crippen molar-refractivity contribution in [3.63, 3.8) is 0 Å². The molecule has 0 aliphatic carbocycles. The molecule has 2 aromatic rings. The minimum absolute atomic E-state index is 0.552. The van der Waals surface area contributed by atoms with Crippen molar-refractivity contribution in [2.45, 2.75) is 20.0 Å². The maximum Gasteiger partial charge on any atom is 0.191 e. The lowest BCUT2D eigenvalue weighted by Gasteiger charge is -2.11.